The van der Waals surface area contributed by atoms with Crippen LogP contribution < -0.4 is 14.8 Å². The Labute approximate surface area is 312 Å². The molecule has 1 saturated carbocycles. The molecule has 0 radical (unpaired) electrons. The van der Waals surface area contributed by atoms with E-state index in [4.69, 9.17) is 27.9 Å². The second-order valence-electron chi connectivity index (χ2n) is 15.2. The minimum Gasteiger partial charge on any atom is -0.487 e. The number of likely N-dealkylation sites (tertiary alicyclic amines) is 1. The molecular formula is C38H52Cl2N5O5S+. The van der Waals surface area contributed by atoms with Gasteiger partial charge in [-0.3, -0.25) is 9.59 Å². The molecule has 10 nitrogen and oxygen atoms in total. The van der Waals surface area contributed by atoms with Crippen LogP contribution in [0.1, 0.15) is 74.6 Å². The lowest BCUT2D eigenvalue weighted by Gasteiger charge is -2.38. The first-order chi connectivity index (χ1) is 24.1. The normalized spacial score (nSPS) is 16.8. The average Bonchev–Trinajstić information content (AvgIpc) is 3.54. The van der Waals surface area contributed by atoms with Crippen LogP contribution in [0.15, 0.2) is 41.3 Å². The molecule has 1 saturated heterocycles. The Balaban J connectivity index is 1.23. The number of carbonyl (C=O) groups is 2. The lowest BCUT2D eigenvalue weighted by molar-refractivity contribution is -0.870. The number of unbranched alkanes of at least 4 members (excludes halogenated alkanes) is 2. The van der Waals surface area contributed by atoms with Crippen LogP contribution in [0.5, 0.6) is 5.75 Å². The zero-order chi connectivity index (χ0) is 37.0. The number of hydrogen-bond donors (Lipinski definition) is 2. The number of nitrogens with zero attached hydrogens (tertiary/aromatic N) is 3. The van der Waals surface area contributed by atoms with Gasteiger partial charge in [0.2, 0.25) is 21.8 Å². The Hall–Kier alpha value is -2.96. The number of benzene rings is 2. The summed E-state index contributed by atoms with van der Waals surface area (Å²) in [7, 11) is 2.28. The third-order valence-electron chi connectivity index (χ3n) is 10.1. The molecule has 1 aliphatic heterocycles. The summed E-state index contributed by atoms with van der Waals surface area (Å²) in [5.41, 5.74) is 1.64. The van der Waals surface area contributed by atoms with E-state index in [-0.39, 0.29) is 39.3 Å². The van der Waals surface area contributed by atoms with Crippen molar-refractivity contribution in [2.45, 2.75) is 88.7 Å². The Morgan fingerprint density at radius 3 is 2.41 bits per heavy atom. The predicted molar refractivity (Wildman–Crippen MR) is 203 cm³/mol. The molecule has 13 heteroatoms. The zero-order valence-corrected chi connectivity index (χ0v) is 32.8. The number of quaternary nitrogens is 1. The van der Waals surface area contributed by atoms with E-state index in [0.29, 0.717) is 75.0 Å². The highest BCUT2D eigenvalue weighted by molar-refractivity contribution is 7.89. The number of hydrogen-bond acceptors (Lipinski definition) is 6. The number of para-hydroxylation sites is 1. The highest BCUT2D eigenvalue weighted by Crippen LogP contribution is 2.38. The van der Waals surface area contributed by atoms with Crippen molar-refractivity contribution < 1.29 is 27.2 Å². The van der Waals surface area contributed by atoms with E-state index in [0.717, 1.165) is 46.9 Å². The van der Waals surface area contributed by atoms with Crippen LogP contribution in [0.25, 0.3) is 10.9 Å². The monoisotopic (exact) mass is 760 g/mol. The number of pyridine rings is 1. The molecule has 2 aliphatic rings. The van der Waals surface area contributed by atoms with Crippen LogP contribution >= 0.6 is 23.2 Å². The van der Waals surface area contributed by atoms with Crippen molar-refractivity contribution in [2.24, 2.45) is 5.92 Å². The van der Waals surface area contributed by atoms with Crippen molar-refractivity contribution in [3.63, 3.8) is 0 Å². The summed E-state index contributed by atoms with van der Waals surface area (Å²) in [4.78, 5) is 33.2. The fourth-order valence-electron chi connectivity index (χ4n) is 7.28. The van der Waals surface area contributed by atoms with E-state index in [1.165, 1.54) is 12.1 Å². The largest absolute Gasteiger partial charge is 0.487 e. The molecule has 2 amide bonds. The van der Waals surface area contributed by atoms with Crippen molar-refractivity contribution in [3.8, 4) is 5.75 Å². The maximum Gasteiger partial charge on any atom is 0.243 e. The summed E-state index contributed by atoms with van der Waals surface area (Å²) in [6.45, 7) is 6.39. The molecule has 2 heterocycles. The number of rotatable bonds is 14. The van der Waals surface area contributed by atoms with Gasteiger partial charge in [0.05, 0.1) is 32.7 Å². The van der Waals surface area contributed by atoms with Gasteiger partial charge in [0, 0.05) is 47.2 Å². The molecule has 0 spiro atoms. The summed E-state index contributed by atoms with van der Waals surface area (Å²) >= 11 is 13.3. The number of amides is 2. The standard InChI is InChI=1S/C38H51Cl2N5O5S/c1-26-24-27(2)42-35-29(26)12-11-13-32(35)50-25-30-31(39)14-15-33(34(30)40)51(48,49)43-38(18-7-8-19-38)37(47)44-21-16-28(17-22-44)36(46)41-20-9-6-10-23-45(3,4)5/h11-15,24,28,43H,6-10,16-23,25H2,1-5H3/p+1. The highest BCUT2D eigenvalue weighted by atomic mass is 35.5. The molecule has 3 aromatic rings. The molecule has 5 rings (SSSR count). The van der Waals surface area contributed by atoms with Gasteiger partial charge in [-0.25, -0.2) is 13.4 Å². The number of sulfonamides is 1. The van der Waals surface area contributed by atoms with Crippen molar-refractivity contribution >= 4 is 55.9 Å². The number of fused-ring (bicyclic) bond motifs is 1. The summed E-state index contributed by atoms with van der Waals surface area (Å²) < 4.78 is 37.9. The minimum absolute atomic E-state index is 0.0316. The fourth-order valence-corrected chi connectivity index (χ4v) is 9.59. The van der Waals surface area contributed by atoms with Gasteiger partial charge >= 0.3 is 0 Å². The average molecular weight is 762 g/mol. The first kappa shape index (κ1) is 39.3. The topological polar surface area (TPSA) is 118 Å². The molecule has 0 atom stereocenters. The van der Waals surface area contributed by atoms with Crippen LogP contribution in [-0.4, -0.2) is 87.5 Å². The van der Waals surface area contributed by atoms with Gasteiger partial charge in [0.25, 0.3) is 0 Å². The van der Waals surface area contributed by atoms with E-state index < -0.39 is 15.6 Å². The molecule has 2 fully saturated rings. The lowest BCUT2D eigenvalue weighted by Crippen LogP contribution is -2.59. The Bertz CT molecular complexity index is 1850. The summed E-state index contributed by atoms with van der Waals surface area (Å²) in [6, 6.07) is 10.5. The zero-order valence-electron chi connectivity index (χ0n) is 30.5. The molecular weight excluding hydrogens is 709 g/mol. The third kappa shape index (κ3) is 9.53. The van der Waals surface area contributed by atoms with Crippen LogP contribution in [0.2, 0.25) is 10.0 Å². The number of aryl methyl sites for hydroxylation is 2. The predicted octanol–water partition coefficient (Wildman–Crippen LogP) is 6.56. The van der Waals surface area contributed by atoms with Gasteiger partial charge in [-0.15, -0.1) is 0 Å². The van der Waals surface area contributed by atoms with Crippen molar-refractivity contribution in [1.29, 1.82) is 0 Å². The first-order valence-electron chi connectivity index (χ1n) is 18.0. The minimum atomic E-state index is -4.26. The molecule has 51 heavy (non-hydrogen) atoms. The Morgan fingerprint density at radius 1 is 1.02 bits per heavy atom. The molecule has 0 bridgehead atoms. The lowest BCUT2D eigenvalue weighted by atomic mass is 9.92. The van der Waals surface area contributed by atoms with Crippen molar-refractivity contribution in [2.75, 3.05) is 47.3 Å². The smallest absolute Gasteiger partial charge is 0.243 e. The Morgan fingerprint density at radius 2 is 1.73 bits per heavy atom. The van der Waals surface area contributed by atoms with Gasteiger partial charge in [0.15, 0.2) is 0 Å². The maximum atomic E-state index is 14.1. The first-order valence-corrected chi connectivity index (χ1v) is 20.2. The van der Waals surface area contributed by atoms with Crippen LogP contribution in [0.4, 0.5) is 0 Å². The summed E-state index contributed by atoms with van der Waals surface area (Å²) in [6.07, 6.45) is 6.41. The van der Waals surface area contributed by atoms with E-state index >= 15 is 0 Å². The van der Waals surface area contributed by atoms with E-state index in [1.54, 1.807) is 11.0 Å². The van der Waals surface area contributed by atoms with Gasteiger partial charge in [-0.2, -0.15) is 4.72 Å². The number of nitrogens with one attached hydrogen (secondary N) is 2. The van der Waals surface area contributed by atoms with E-state index in [9.17, 15) is 18.0 Å². The van der Waals surface area contributed by atoms with Gasteiger partial charge < -0.3 is 19.4 Å². The summed E-state index contributed by atoms with van der Waals surface area (Å²) in [5.74, 6) is 0.148. The van der Waals surface area contributed by atoms with E-state index in [1.807, 2.05) is 32.0 Å². The van der Waals surface area contributed by atoms with Crippen molar-refractivity contribution in [1.82, 2.24) is 19.9 Å². The Kier molecular flexibility index (Phi) is 12.6. The number of piperidine rings is 1. The van der Waals surface area contributed by atoms with Gasteiger partial charge in [-0.1, -0.05) is 48.2 Å². The second kappa shape index (κ2) is 16.4. The maximum absolute atomic E-state index is 14.1. The van der Waals surface area contributed by atoms with E-state index in [2.05, 4.69) is 36.2 Å². The van der Waals surface area contributed by atoms with Crippen LogP contribution in [0, 0.1) is 19.8 Å². The number of halogens is 2. The SMILES string of the molecule is Cc1cc(C)c2cccc(OCc3c(Cl)ccc(S(=O)(=O)NC4(C(=O)N5CCC(C(=O)NCCCCC[N+](C)(C)C)CC5)CCCC4)c3Cl)c2n1. The summed E-state index contributed by atoms with van der Waals surface area (Å²) in [5, 5.41) is 4.23. The molecule has 1 aromatic heterocycles. The number of aromatic nitrogens is 1. The van der Waals surface area contributed by atoms with Crippen LogP contribution in [-0.2, 0) is 26.2 Å². The van der Waals surface area contributed by atoms with Crippen molar-refractivity contribution in [3.05, 3.63) is 63.3 Å². The highest BCUT2D eigenvalue weighted by Gasteiger charge is 2.47. The second-order valence-corrected chi connectivity index (χ2v) is 17.6. The third-order valence-corrected chi connectivity index (χ3v) is 12.6. The number of carbonyl (C=O) groups excluding carboxylic acids is 2. The molecule has 2 aromatic carbocycles. The molecule has 1 aliphatic carbocycles. The van der Waals surface area contributed by atoms with Crippen LogP contribution in [0.3, 0.4) is 0 Å². The molecule has 2 N–H and O–H groups in total. The molecule has 0 unspecified atom stereocenters. The van der Waals surface area contributed by atoms with Gasteiger partial charge in [0.1, 0.15) is 28.3 Å². The number of ether oxygens (including phenoxy) is 1. The fraction of sp³-hybridized carbons (Fsp3) is 0.553. The molecule has 278 valence electrons. The van der Waals surface area contributed by atoms with Gasteiger partial charge in [-0.05, 0) is 88.6 Å². The quantitative estimate of drug-likeness (QED) is 0.142.